The molecule has 2 nitrogen and oxygen atoms in total. The van der Waals surface area contributed by atoms with E-state index in [1.54, 1.807) is 0 Å². The van der Waals surface area contributed by atoms with Crippen molar-refractivity contribution >= 4 is 39.4 Å². The van der Waals surface area contributed by atoms with Crippen LogP contribution < -0.4 is 5.32 Å². The molecule has 0 atom stereocenters. The summed E-state index contributed by atoms with van der Waals surface area (Å²) in [6.45, 7) is 0.767. The molecule has 0 saturated carbocycles. The van der Waals surface area contributed by atoms with Crippen molar-refractivity contribution in [3.63, 3.8) is 0 Å². The monoisotopic (exact) mass is 300 g/mol. The van der Waals surface area contributed by atoms with Crippen molar-refractivity contribution in [2.45, 2.75) is 19.4 Å². The maximum Gasteiger partial charge on any atom is 0.183 e. The molecule has 0 fully saturated rings. The summed E-state index contributed by atoms with van der Waals surface area (Å²) in [6.07, 6.45) is 4.17. The lowest BCUT2D eigenvalue weighted by atomic mass is 10.0. The Bertz CT molecular complexity index is 784. The van der Waals surface area contributed by atoms with Crippen LogP contribution in [0.1, 0.15) is 16.0 Å². The highest BCUT2D eigenvalue weighted by Crippen LogP contribution is 2.35. The summed E-state index contributed by atoms with van der Waals surface area (Å²) in [5, 5.41) is 6.28. The molecule has 0 amide bonds. The number of hydrogen-bond donors (Lipinski definition) is 1. The Hall–Kier alpha value is -1.58. The fraction of sp³-hybridized carbons (Fsp3) is 0.188. The van der Waals surface area contributed by atoms with Gasteiger partial charge in [-0.2, -0.15) is 0 Å². The van der Waals surface area contributed by atoms with E-state index in [1.807, 2.05) is 6.20 Å². The number of nitrogens with zero attached hydrogens (tertiary/aromatic N) is 1. The summed E-state index contributed by atoms with van der Waals surface area (Å²) < 4.78 is 0.599. The van der Waals surface area contributed by atoms with Crippen LogP contribution in [0, 0.1) is 0 Å². The smallest absolute Gasteiger partial charge is 0.183 e. The summed E-state index contributed by atoms with van der Waals surface area (Å²) in [6, 6.07) is 11.0. The van der Waals surface area contributed by atoms with Crippen LogP contribution in [0.5, 0.6) is 0 Å². The molecule has 1 heterocycles. The van der Waals surface area contributed by atoms with Crippen LogP contribution in [0.15, 0.2) is 36.5 Å². The lowest BCUT2D eigenvalue weighted by Gasteiger charge is -2.10. The lowest BCUT2D eigenvalue weighted by Crippen LogP contribution is -1.98. The second kappa shape index (κ2) is 4.76. The van der Waals surface area contributed by atoms with E-state index in [9.17, 15) is 0 Å². The number of halogens is 1. The Kier molecular flexibility index (Phi) is 2.90. The SMILES string of the molecule is Clc1ncc(CNc2ccc3c4c(cccc24)CC3)s1. The maximum atomic E-state index is 5.87. The first kappa shape index (κ1) is 12.2. The summed E-state index contributed by atoms with van der Waals surface area (Å²) in [5.74, 6) is 0. The molecule has 1 aliphatic rings. The van der Waals surface area contributed by atoms with Gasteiger partial charge >= 0.3 is 0 Å². The van der Waals surface area contributed by atoms with Crippen LogP contribution in [0.3, 0.4) is 0 Å². The zero-order chi connectivity index (χ0) is 13.5. The Labute approximate surface area is 126 Å². The third kappa shape index (κ3) is 1.98. The molecule has 100 valence electrons. The van der Waals surface area contributed by atoms with Crippen molar-refractivity contribution in [1.29, 1.82) is 0 Å². The molecule has 3 aromatic rings. The minimum Gasteiger partial charge on any atom is -0.380 e. The van der Waals surface area contributed by atoms with Crippen molar-refractivity contribution in [2.24, 2.45) is 0 Å². The molecule has 4 heteroatoms. The second-order valence-corrected chi connectivity index (χ2v) is 6.74. The summed E-state index contributed by atoms with van der Waals surface area (Å²) in [5.41, 5.74) is 4.14. The van der Waals surface area contributed by atoms with Gasteiger partial charge in [0, 0.05) is 22.1 Å². The van der Waals surface area contributed by atoms with E-state index in [-0.39, 0.29) is 0 Å². The van der Waals surface area contributed by atoms with Gasteiger partial charge in [-0.15, -0.1) is 11.3 Å². The van der Waals surface area contributed by atoms with Crippen molar-refractivity contribution < 1.29 is 0 Å². The number of anilines is 1. The number of benzene rings is 2. The molecule has 20 heavy (non-hydrogen) atoms. The number of aromatic nitrogens is 1. The Morgan fingerprint density at radius 2 is 2.00 bits per heavy atom. The van der Waals surface area contributed by atoms with Crippen LogP contribution in [0.4, 0.5) is 5.69 Å². The summed E-state index contributed by atoms with van der Waals surface area (Å²) in [7, 11) is 0. The summed E-state index contributed by atoms with van der Waals surface area (Å²) in [4.78, 5) is 5.22. The quantitative estimate of drug-likeness (QED) is 0.761. The lowest BCUT2D eigenvalue weighted by molar-refractivity contribution is 1.02. The highest BCUT2D eigenvalue weighted by atomic mass is 35.5. The second-order valence-electron chi connectivity index (χ2n) is 5.05. The van der Waals surface area contributed by atoms with Crippen molar-refractivity contribution in [3.05, 3.63) is 57.0 Å². The molecule has 1 aliphatic carbocycles. The number of hydrogen-bond acceptors (Lipinski definition) is 3. The van der Waals surface area contributed by atoms with E-state index in [4.69, 9.17) is 11.6 Å². The molecule has 0 unspecified atom stereocenters. The minimum absolute atomic E-state index is 0.599. The Morgan fingerprint density at radius 3 is 2.80 bits per heavy atom. The predicted octanol–water partition coefficient (Wildman–Crippen LogP) is 4.66. The van der Waals surface area contributed by atoms with E-state index < -0.39 is 0 Å². The molecule has 0 saturated heterocycles. The van der Waals surface area contributed by atoms with Gasteiger partial charge in [0.2, 0.25) is 0 Å². The van der Waals surface area contributed by atoms with Gasteiger partial charge in [0.1, 0.15) is 0 Å². The average molecular weight is 301 g/mol. The molecule has 0 bridgehead atoms. The molecule has 0 radical (unpaired) electrons. The maximum absolute atomic E-state index is 5.87. The van der Waals surface area contributed by atoms with Crippen LogP contribution in [-0.4, -0.2) is 4.98 Å². The molecule has 1 N–H and O–H groups in total. The first-order valence-corrected chi connectivity index (χ1v) is 7.88. The summed E-state index contributed by atoms with van der Waals surface area (Å²) >= 11 is 7.39. The van der Waals surface area contributed by atoms with Crippen molar-refractivity contribution in [3.8, 4) is 0 Å². The zero-order valence-electron chi connectivity index (χ0n) is 10.8. The third-order valence-corrected chi connectivity index (χ3v) is 4.97. The van der Waals surface area contributed by atoms with E-state index in [0.717, 1.165) is 11.4 Å². The average Bonchev–Trinajstić information content (AvgIpc) is 3.06. The van der Waals surface area contributed by atoms with Gasteiger partial charge in [-0.25, -0.2) is 4.98 Å². The van der Waals surface area contributed by atoms with Gasteiger partial charge in [-0.05, 0) is 35.4 Å². The van der Waals surface area contributed by atoms with Gasteiger partial charge in [0.15, 0.2) is 4.47 Å². The Morgan fingerprint density at radius 1 is 1.15 bits per heavy atom. The predicted molar refractivity (Wildman–Crippen MR) is 85.8 cm³/mol. The largest absolute Gasteiger partial charge is 0.380 e. The van der Waals surface area contributed by atoms with E-state index in [0.29, 0.717) is 4.47 Å². The Balaban J connectivity index is 1.70. The normalized spacial score (nSPS) is 13.1. The van der Waals surface area contributed by atoms with Gasteiger partial charge < -0.3 is 5.32 Å². The van der Waals surface area contributed by atoms with Gasteiger partial charge in [0.25, 0.3) is 0 Å². The number of aryl methyl sites for hydroxylation is 2. The van der Waals surface area contributed by atoms with Crippen LogP contribution in [0.2, 0.25) is 4.47 Å². The van der Waals surface area contributed by atoms with Gasteiger partial charge in [0.05, 0.1) is 6.54 Å². The van der Waals surface area contributed by atoms with Crippen LogP contribution >= 0.6 is 22.9 Å². The zero-order valence-corrected chi connectivity index (χ0v) is 12.4. The molecule has 0 aliphatic heterocycles. The molecule has 2 aromatic carbocycles. The van der Waals surface area contributed by atoms with Gasteiger partial charge in [-0.1, -0.05) is 35.9 Å². The fourth-order valence-electron chi connectivity index (χ4n) is 2.95. The minimum atomic E-state index is 0.599. The van der Waals surface area contributed by atoms with E-state index in [1.165, 1.54) is 51.8 Å². The molecule has 1 aromatic heterocycles. The van der Waals surface area contributed by atoms with E-state index >= 15 is 0 Å². The fourth-order valence-corrected chi connectivity index (χ4v) is 3.87. The van der Waals surface area contributed by atoms with Crippen LogP contribution in [-0.2, 0) is 19.4 Å². The van der Waals surface area contributed by atoms with Crippen molar-refractivity contribution in [1.82, 2.24) is 4.98 Å². The molecule has 4 rings (SSSR count). The number of rotatable bonds is 3. The third-order valence-electron chi connectivity index (χ3n) is 3.86. The highest BCUT2D eigenvalue weighted by molar-refractivity contribution is 7.15. The molecular formula is C16H13ClN2S. The molecule has 0 spiro atoms. The van der Waals surface area contributed by atoms with Crippen LogP contribution in [0.25, 0.3) is 10.8 Å². The first-order valence-electron chi connectivity index (χ1n) is 6.69. The highest BCUT2D eigenvalue weighted by Gasteiger charge is 2.15. The number of thiazole rings is 1. The number of nitrogens with one attached hydrogen (secondary N) is 1. The first-order chi connectivity index (χ1) is 9.81. The van der Waals surface area contributed by atoms with Crippen molar-refractivity contribution in [2.75, 3.05) is 5.32 Å². The standard InChI is InChI=1S/C16H13ClN2S/c17-16-19-9-12(20-16)8-18-14-7-6-11-5-4-10-2-1-3-13(14)15(10)11/h1-3,6-7,9,18H,4-5,8H2. The van der Waals surface area contributed by atoms with E-state index in [2.05, 4.69) is 40.6 Å². The molecular weight excluding hydrogens is 288 g/mol. The topological polar surface area (TPSA) is 24.9 Å². The van der Waals surface area contributed by atoms with Gasteiger partial charge in [-0.3, -0.25) is 0 Å².